The molecule has 0 radical (unpaired) electrons. The summed E-state index contributed by atoms with van der Waals surface area (Å²) >= 11 is 0. The van der Waals surface area contributed by atoms with Gasteiger partial charge in [-0.05, 0) is 49.2 Å². The van der Waals surface area contributed by atoms with Gasteiger partial charge >= 0.3 is 5.97 Å². The Morgan fingerprint density at radius 3 is 2.45 bits per heavy atom. The van der Waals surface area contributed by atoms with E-state index >= 15 is 0 Å². The summed E-state index contributed by atoms with van der Waals surface area (Å²) in [7, 11) is 0. The number of furan rings is 1. The number of halogens is 1. The Morgan fingerprint density at radius 2 is 1.86 bits per heavy atom. The zero-order chi connectivity index (χ0) is 15.7. The van der Waals surface area contributed by atoms with Crippen LogP contribution in [-0.2, 0) is 4.79 Å². The Labute approximate surface area is 125 Å². The van der Waals surface area contributed by atoms with Crippen LogP contribution in [0.25, 0.3) is 11.3 Å². The van der Waals surface area contributed by atoms with Gasteiger partial charge < -0.3 is 14.8 Å². The third-order valence-corrected chi connectivity index (χ3v) is 3.68. The van der Waals surface area contributed by atoms with Gasteiger partial charge in [-0.2, -0.15) is 0 Å². The van der Waals surface area contributed by atoms with Crippen molar-refractivity contribution in [2.45, 2.75) is 24.8 Å². The van der Waals surface area contributed by atoms with Gasteiger partial charge in [-0.1, -0.05) is 0 Å². The predicted molar refractivity (Wildman–Crippen MR) is 75.8 cm³/mol. The zero-order valence-electron chi connectivity index (χ0n) is 11.6. The molecule has 1 heterocycles. The zero-order valence-corrected chi connectivity index (χ0v) is 11.6. The summed E-state index contributed by atoms with van der Waals surface area (Å²) < 4.78 is 18.4. The summed E-state index contributed by atoms with van der Waals surface area (Å²) in [6, 6.07) is 8.88. The van der Waals surface area contributed by atoms with Crippen LogP contribution >= 0.6 is 0 Å². The number of carboxylic acids is 1. The number of amides is 1. The Morgan fingerprint density at radius 1 is 1.18 bits per heavy atom. The first-order valence-electron chi connectivity index (χ1n) is 6.88. The first-order chi connectivity index (χ1) is 10.5. The van der Waals surface area contributed by atoms with Crippen LogP contribution in [0, 0.1) is 5.82 Å². The highest BCUT2D eigenvalue weighted by atomic mass is 19.1. The minimum atomic E-state index is -0.941. The van der Waals surface area contributed by atoms with Crippen molar-refractivity contribution in [3.8, 4) is 11.3 Å². The van der Waals surface area contributed by atoms with Crippen LogP contribution in [0.1, 0.15) is 29.8 Å². The van der Waals surface area contributed by atoms with Crippen LogP contribution in [0.3, 0.4) is 0 Å². The number of nitrogens with one attached hydrogen (secondary N) is 1. The van der Waals surface area contributed by atoms with Gasteiger partial charge in [0, 0.05) is 5.56 Å². The van der Waals surface area contributed by atoms with Gasteiger partial charge in [-0.25, -0.2) is 4.39 Å². The molecule has 1 aromatic carbocycles. The average molecular weight is 303 g/mol. The van der Waals surface area contributed by atoms with Gasteiger partial charge in [0.2, 0.25) is 0 Å². The summed E-state index contributed by atoms with van der Waals surface area (Å²) in [5, 5.41) is 11.6. The van der Waals surface area contributed by atoms with E-state index in [1.165, 1.54) is 18.2 Å². The van der Waals surface area contributed by atoms with Crippen LogP contribution in [0.2, 0.25) is 0 Å². The van der Waals surface area contributed by atoms with E-state index < -0.39 is 17.4 Å². The number of carbonyl (C=O) groups excluding carboxylic acids is 1. The van der Waals surface area contributed by atoms with E-state index in [0.29, 0.717) is 24.2 Å². The Kier molecular flexibility index (Phi) is 3.44. The first kappa shape index (κ1) is 14.3. The van der Waals surface area contributed by atoms with E-state index in [2.05, 4.69) is 5.32 Å². The third kappa shape index (κ3) is 3.00. The van der Waals surface area contributed by atoms with Gasteiger partial charge in [0.1, 0.15) is 11.6 Å². The molecule has 3 rings (SSSR count). The molecule has 6 heteroatoms. The topological polar surface area (TPSA) is 79.5 Å². The molecule has 0 saturated heterocycles. The monoisotopic (exact) mass is 303 g/mol. The molecule has 1 saturated carbocycles. The fraction of sp³-hybridized carbons (Fsp3) is 0.250. The minimum absolute atomic E-state index is 0.0930. The van der Waals surface area contributed by atoms with Crippen molar-refractivity contribution in [2.75, 3.05) is 0 Å². The minimum Gasteiger partial charge on any atom is -0.481 e. The van der Waals surface area contributed by atoms with Crippen molar-refractivity contribution in [3.05, 3.63) is 48.0 Å². The van der Waals surface area contributed by atoms with Crippen LogP contribution < -0.4 is 5.32 Å². The lowest BCUT2D eigenvalue weighted by Crippen LogP contribution is -2.38. The Hall–Kier alpha value is -2.63. The van der Waals surface area contributed by atoms with Crippen LogP contribution in [0.15, 0.2) is 40.8 Å². The molecule has 1 aromatic heterocycles. The number of benzene rings is 1. The lowest BCUT2D eigenvalue weighted by Gasteiger charge is -2.13. The maximum atomic E-state index is 12.9. The maximum absolute atomic E-state index is 12.9. The van der Waals surface area contributed by atoms with Crippen LogP contribution in [0.5, 0.6) is 0 Å². The smallest absolute Gasteiger partial charge is 0.305 e. The van der Waals surface area contributed by atoms with E-state index in [1.807, 2.05) is 0 Å². The number of carbonyl (C=O) groups is 2. The van der Waals surface area contributed by atoms with E-state index in [4.69, 9.17) is 9.52 Å². The van der Waals surface area contributed by atoms with Gasteiger partial charge in [-0.3, -0.25) is 9.59 Å². The molecule has 0 aliphatic heterocycles. The summed E-state index contributed by atoms with van der Waals surface area (Å²) in [6.45, 7) is 0. The molecule has 22 heavy (non-hydrogen) atoms. The molecule has 0 bridgehead atoms. The maximum Gasteiger partial charge on any atom is 0.305 e. The van der Waals surface area contributed by atoms with Crippen molar-refractivity contribution in [1.82, 2.24) is 5.32 Å². The Bertz CT molecular complexity index is 716. The molecule has 1 aliphatic carbocycles. The Balaban J connectivity index is 1.72. The lowest BCUT2D eigenvalue weighted by molar-refractivity contribution is -0.137. The number of hydrogen-bond acceptors (Lipinski definition) is 3. The van der Waals surface area contributed by atoms with Gasteiger partial charge in [-0.15, -0.1) is 0 Å². The highest BCUT2D eigenvalue weighted by Gasteiger charge is 2.46. The van der Waals surface area contributed by atoms with E-state index in [9.17, 15) is 14.0 Å². The summed E-state index contributed by atoms with van der Waals surface area (Å²) in [6.07, 6.45) is 1.21. The van der Waals surface area contributed by atoms with E-state index in [-0.39, 0.29) is 18.0 Å². The summed E-state index contributed by atoms with van der Waals surface area (Å²) in [4.78, 5) is 22.9. The summed E-state index contributed by atoms with van der Waals surface area (Å²) in [5.41, 5.74) is 0.0123. The second kappa shape index (κ2) is 5.29. The van der Waals surface area contributed by atoms with Gasteiger partial charge in [0.25, 0.3) is 5.91 Å². The summed E-state index contributed by atoms with van der Waals surface area (Å²) in [5.74, 6) is -1.17. The number of carboxylic acid groups (broad SMARTS) is 1. The van der Waals surface area contributed by atoms with Crippen LogP contribution in [-0.4, -0.2) is 22.5 Å². The average Bonchev–Trinajstić information content (AvgIpc) is 3.02. The molecule has 0 spiro atoms. The largest absolute Gasteiger partial charge is 0.481 e. The van der Waals surface area contributed by atoms with E-state index in [0.717, 1.165) is 0 Å². The fourth-order valence-corrected chi connectivity index (χ4v) is 2.32. The second-order valence-corrected chi connectivity index (χ2v) is 5.48. The predicted octanol–water partition coefficient (Wildman–Crippen LogP) is 2.82. The molecule has 2 aromatic rings. The number of hydrogen-bond donors (Lipinski definition) is 2. The molecule has 0 unspecified atom stereocenters. The fourth-order valence-electron chi connectivity index (χ4n) is 2.32. The molecule has 0 atom stereocenters. The molecule has 5 nitrogen and oxygen atoms in total. The molecule has 2 N–H and O–H groups in total. The molecule has 1 aliphatic rings. The van der Waals surface area contributed by atoms with Crippen molar-refractivity contribution < 1.29 is 23.5 Å². The highest BCUT2D eigenvalue weighted by Crippen LogP contribution is 2.39. The first-order valence-corrected chi connectivity index (χ1v) is 6.88. The van der Waals surface area contributed by atoms with Gasteiger partial charge in [0.15, 0.2) is 5.76 Å². The molecular weight excluding hydrogens is 289 g/mol. The highest BCUT2D eigenvalue weighted by molar-refractivity contribution is 5.93. The van der Waals surface area contributed by atoms with Crippen LogP contribution in [0.4, 0.5) is 4.39 Å². The van der Waals surface area contributed by atoms with E-state index in [1.54, 1.807) is 18.2 Å². The molecule has 1 fully saturated rings. The molecule has 114 valence electrons. The quantitative estimate of drug-likeness (QED) is 0.890. The van der Waals surface area contributed by atoms with Gasteiger partial charge in [0.05, 0.1) is 12.0 Å². The SMILES string of the molecule is O=C(O)CC1(NC(=O)c2ccc(-c3ccc(F)cc3)o2)CC1. The number of aliphatic carboxylic acids is 1. The molecular formula is C16H14FNO4. The second-order valence-electron chi connectivity index (χ2n) is 5.48. The van der Waals surface area contributed by atoms with Crippen molar-refractivity contribution in [3.63, 3.8) is 0 Å². The van der Waals surface area contributed by atoms with Crippen molar-refractivity contribution in [1.29, 1.82) is 0 Å². The number of rotatable bonds is 5. The van der Waals surface area contributed by atoms with Crippen molar-refractivity contribution in [2.24, 2.45) is 0 Å². The third-order valence-electron chi connectivity index (χ3n) is 3.68. The lowest BCUT2D eigenvalue weighted by atomic mass is 10.1. The standard InChI is InChI=1S/C16H14FNO4/c17-11-3-1-10(2-4-11)12-5-6-13(22-12)15(21)18-16(7-8-16)9-14(19)20/h1-6H,7-9H2,(H,18,21)(H,19,20). The van der Waals surface area contributed by atoms with Crippen molar-refractivity contribution >= 4 is 11.9 Å². The normalized spacial score (nSPS) is 15.3. The molecule has 1 amide bonds.